The van der Waals surface area contributed by atoms with Crippen LogP contribution in [-0.4, -0.2) is 6.08 Å². The van der Waals surface area contributed by atoms with E-state index >= 15 is 0 Å². The van der Waals surface area contributed by atoms with Crippen molar-refractivity contribution < 1.29 is 9.18 Å². The molecule has 1 aromatic carbocycles. The van der Waals surface area contributed by atoms with Crippen LogP contribution >= 0.6 is 11.6 Å². The average molecular weight is 200 g/mol. The van der Waals surface area contributed by atoms with Crippen LogP contribution in [0, 0.1) is 0 Å². The van der Waals surface area contributed by atoms with E-state index in [9.17, 15) is 9.18 Å². The third-order valence-electron chi connectivity index (χ3n) is 1.63. The van der Waals surface area contributed by atoms with E-state index in [-0.39, 0.29) is 5.56 Å². The van der Waals surface area contributed by atoms with Gasteiger partial charge in [-0.05, 0) is 19.1 Å². The number of rotatable bonds is 2. The zero-order valence-corrected chi connectivity index (χ0v) is 7.68. The summed E-state index contributed by atoms with van der Waals surface area (Å²) in [7, 11) is 0. The third kappa shape index (κ3) is 2.38. The van der Waals surface area contributed by atoms with Crippen molar-refractivity contribution in [2.75, 3.05) is 0 Å². The molecule has 0 bridgehead atoms. The number of aliphatic imine (C=N–C) groups is 1. The first-order valence-corrected chi connectivity index (χ1v) is 3.98. The number of halogens is 2. The number of hydrogen-bond donors (Lipinski definition) is 0. The minimum absolute atomic E-state index is 0.278. The highest BCUT2D eigenvalue weighted by atomic mass is 35.5. The molecule has 1 aromatic rings. The van der Waals surface area contributed by atoms with Crippen molar-refractivity contribution in [3.63, 3.8) is 0 Å². The summed E-state index contributed by atoms with van der Waals surface area (Å²) in [5.41, 5.74) is 0.278. The Hall–Kier alpha value is -1.18. The predicted octanol–water partition coefficient (Wildman–Crippen LogP) is 2.82. The van der Waals surface area contributed by atoms with Crippen LogP contribution in [-0.2, 0) is 10.6 Å². The molecule has 0 N–H and O–H groups in total. The summed E-state index contributed by atoms with van der Waals surface area (Å²) >= 11 is 5.61. The number of nitrogens with zero attached hydrogens (tertiary/aromatic N) is 1. The Bertz CT molecular complexity index is 341. The van der Waals surface area contributed by atoms with Crippen LogP contribution in [0.1, 0.15) is 12.5 Å². The highest BCUT2D eigenvalue weighted by Gasteiger charge is 2.24. The number of carbonyl (C=O) groups excluding carboxylic acids is 1. The summed E-state index contributed by atoms with van der Waals surface area (Å²) in [6, 6.07) is 6.02. The topological polar surface area (TPSA) is 29.4 Å². The number of benzene rings is 1. The van der Waals surface area contributed by atoms with Gasteiger partial charge in [0.15, 0.2) is 0 Å². The first kappa shape index (κ1) is 9.90. The maximum Gasteiger partial charge on any atom is 0.238 e. The Morgan fingerprint density at radius 3 is 2.46 bits per heavy atom. The van der Waals surface area contributed by atoms with Crippen LogP contribution < -0.4 is 0 Å². The normalized spacial score (nSPS) is 14.4. The standard InChI is InChI=1S/C9H7ClFNO/c1-9(11,12-6-13)7-2-4-8(10)5-3-7/h2-5H,1H3. The zero-order chi connectivity index (χ0) is 9.90. The van der Waals surface area contributed by atoms with Gasteiger partial charge in [-0.15, -0.1) is 0 Å². The summed E-state index contributed by atoms with van der Waals surface area (Å²) in [4.78, 5) is 12.9. The summed E-state index contributed by atoms with van der Waals surface area (Å²) in [5.74, 6) is -2.02. The maximum atomic E-state index is 13.5. The molecule has 0 aliphatic heterocycles. The van der Waals surface area contributed by atoms with Crippen molar-refractivity contribution >= 4 is 17.7 Å². The molecule has 0 saturated heterocycles. The molecule has 0 amide bonds. The van der Waals surface area contributed by atoms with E-state index in [2.05, 4.69) is 4.99 Å². The van der Waals surface area contributed by atoms with Crippen LogP contribution in [0.5, 0.6) is 0 Å². The largest absolute Gasteiger partial charge is 0.238 e. The molecule has 0 aliphatic carbocycles. The molecular weight excluding hydrogens is 193 g/mol. The minimum atomic E-state index is -2.02. The van der Waals surface area contributed by atoms with Gasteiger partial charge in [0.05, 0.1) is 0 Å². The second kappa shape index (κ2) is 3.69. The van der Waals surface area contributed by atoms with E-state index in [0.717, 1.165) is 0 Å². The molecule has 0 saturated carbocycles. The Kier molecular flexibility index (Phi) is 2.81. The van der Waals surface area contributed by atoms with Crippen LogP contribution in [0.15, 0.2) is 29.3 Å². The van der Waals surface area contributed by atoms with Gasteiger partial charge in [-0.2, -0.15) is 4.99 Å². The van der Waals surface area contributed by atoms with Crippen LogP contribution in [0.25, 0.3) is 0 Å². The lowest BCUT2D eigenvalue weighted by atomic mass is 10.1. The molecule has 1 atom stereocenters. The number of alkyl halides is 1. The molecule has 1 rings (SSSR count). The van der Waals surface area contributed by atoms with Gasteiger partial charge >= 0.3 is 0 Å². The van der Waals surface area contributed by atoms with Crippen molar-refractivity contribution in [2.24, 2.45) is 4.99 Å². The fraction of sp³-hybridized carbons (Fsp3) is 0.222. The molecule has 68 valence electrons. The fourth-order valence-corrected chi connectivity index (χ4v) is 1.03. The number of isocyanates is 1. The van der Waals surface area contributed by atoms with Crippen LogP contribution in [0.4, 0.5) is 4.39 Å². The summed E-state index contributed by atoms with van der Waals surface area (Å²) in [6.07, 6.45) is 1.19. The van der Waals surface area contributed by atoms with Crippen LogP contribution in [0.2, 0.25) is 5.02 Å². The molecule has 13 heavy (non-hydrogen) atoms. The molecule has 0 aromatic heterocycles. The molecular formula is C9H7ClFNO. The predicted molar refractivity (Wildman–Crippen MR) is 48.0 cm³/mol. The van der Waals surface area contributed by atoms with Gasteiger partial charge < -0.3 is 0 Å². The van der Waals surface area contributed by atoms with Crippen molar-refractivity contribution in [3.8, 4) is 0 Å². The van der Waals surface area contributed by atoms with Gasteiger partial charge in [-0.1, -0.05) is 23.7 Å². The monoisotopic (exact) mass is 199 g/mol. The quantitative estimate of drug-likeness (QED) is 0.409. The molecule has 0 radical (unpaired) electrons. The molecule has 0 aliphatic rings. The molecule has 4 heteroatoms. The van der Waals surface area contributed by atoms with Crippen LogP contribution in [0.3, 0.4) is 0 Å². The first-order valence-electron chi connectivity index (χ1n) is 3.60. The lowest BCUT2D eigenvalue weighted by molar-refractivity contribution is 0.206. The fourth-order valence-electron chi connectivity index (χ4n) is 0.904. The first-order chi connectivity index (χ1) is 6.06. The Labute approximate surface area is 80.1 Å². The summed E-state index contributed by atoms with van der Waals surface area (Å²) in [6.45, 7) is 1.18. The van der Waals surface area contributed by atoms with E-state index < -0.39 is 5.79 Å². The van der Waals surface area contributed by atoms with Crippen molar-refractivity contribution in [1.82, 2.24) is 0 Å². The Balaban J connectivity index is 3.07. The molecule has 0 fully saturated rings. The highest BCUT2D eigenvalue weighted by Crippen LogP contribution is 2.27. The third-order valence-corrected chi connectivity index (χ3v) is 1.88. The Morgan fingerprint density at radius 2 is 2.00 bits per heavy atom. The van der Waals surface area contributed by atoms with Gasteiger partial charge in [0.1, 0.15) is 0 Å². The zero-order valence-electron chi connectivity index (χ0n) is 6.92. The van der Waals surface area contributed by atoms with E-state index in [4.69, 9.17) is 11.6 Å². The Morgan fingerprint density at radius 1 is 1.46 bits per heavy atom. The van der Waals surface area contributed by atoms with Gasteiger partial charge in [-0.25, -0.2) is 9.18 Å². The molecule has 0 heterocycles. The van der Waals surface area contributed by atoms with E-state index in [0.29, 0.717) is 5.02 Å². The SMILES string of the molecule is CC(F)(N=C=O)c1ccc(Cl)cc1. The average Bonchev–Trinajstić information content (AvgIpc) is 2.05. The molecule has 2 nitrogen and oxygen atoms in total. The summed E-state index contributed by atoms with van der Waals surface area (Å²) in [5, 5.41) is 0.509. The second-order valence-corrected chi connectivity index (χ2v) is 3.10. The lowest BCUT2D eigenvalue weighted by Crippen LogP contribution is -2.10. The summed E-state index contributed by atoms with van der Waals surface area (Å²) < 4.78 is 13.5. The molecule has 1 unspecified atom stereocenters. The highest BCUT2D eigenvalue weighted by molar-refractivity contribution is 6.30. The smallest absolute Gasteiger partial charge is 0.212 e. The van der Waals surface area contributed by atoms with E-state index in [1.807, 2.05) is 0 Å². The van der Waals surface area contributed by atoms with Gasteiger partial charge in [0.25, 0.3) is 0 Å². The molecule has 0 spiro atoms. The van der Waals surface area contributed by atoms with Gasteiger partial charge in [0.2, 0.25) is 11.9 Å². The lowest BCUT2D eigenvalue weighted by Gasteiger charge is -2.12. The van der Waals surface area contributed by atoms with E-state index in [1.54, 1.807) is 0 Å². The maximum absolute atomic E-state index is 13.5. The van der Waals surface area contributed by atoms with E-state index in [1.165, 1.54) is 37.3 Å². The van der Waals surface area contributed by atoms with Crippen molar-refractivity contribution in [3.05, 3.63) is 34.9 Å². The van der Waals surface area contributed by atoms with Gasteiger partial charge in [-0.3, -0.25) is 0 Å². The minimum Gasteiger partial charge on any atom is -0.212 e. The number of hydrogen-bond acceptors (Lipinski definition) is 2. The van der Waals surface area contributed by atoms with Crippen molar-refractivity contribution in [1.29, 1.82) is 0 Å². The second-order valence-electron chi connectivity index (χ2n) is 2.66. The van der Waals surface area contributed by atoms with Crippen molar-refractivity contribution in [2.45, 2.75) is 12.7 Å². The van der Waals surface area contributed by atoms with Gasteiger partial charge in [0, 0.05) is 10.6 Å².